The van der Waals surface area contributed by atoms with Crippen molar-refractivity contribution in [3.8, 4) is 6.07 Å². The van der Waals surface area contributed by atoms with E-state index in [1.807, 2.05) is 26.8 Å². The number of nitrogens with two attached hydrogens (primary N) is 1. The number of rotatable bonds is 2. The van der Waals surface area contributed by atoms with E-state index in [-0.39, 0.29) is 0 Å². The lowest BCUT2D eigenvalue weighted by Crippen LogP contribution is -1.96. The molecule has 13 heavy (non-hydrogen) atoms. The molecule has 72 valence electrons. The molecule has 0 saturated heterocycles. The van der Waals surface area contributed by atoms with Crippen LogP contribution in [0.2, 0.25) is 0 Å². The summed E-state index contributed by atoms with van der Waals surface area (Å²) in [6.45, 7) is 9.29. The minimum Gasteiger partial charge on any atom is -0.398 e. The summed E-state index contributed by atoms with van der Waals surface area (Å²) in [5.74, 6) is 0. The van der Waals surface area contributed by atoms with Crippen LogP contribution in [0, 0.1) is 11.3 Å². The van der Waals surface area contributed by atoms with E-state index in [1.165, 1.54) is 6.08 Å². The number of hydrogen-bond acceptors (Lipinski definition) is 2. The number of nitriles is 1. The highest BCUT2D eigenvalue weighted by Gasteiger charge is 1.94. The van der Waals surface area contributed by atoms with Gasteiger partial charge in [-0.25, -0.2) is 0 Å². The lowest BCUT2D eigenvalue weighted by Gasteiger charge is -1.93. The topological polar surface area (TPSA) is 49.8 Å². The Morgan fingerprint density at radius 1 is 1.54 bits per heavy atom. The van der Waals surface area contributed by atoms with E-state index in [4.69, 9.17) is 11.0 Å². The van der Waals surface area contributed by atoms with Crippen molar-refractivity contribution >= 4 is 15.9 Å². The fraction of sp³-hybridized carbons (Fsp3) is 0.300. The van der Waals surface area contributed by atoms with Gasteiger partial charge >= 0.3 is 0 Å². The molecule has 2 nitrogen and oxygen atoms in total. The molecule has 0 saturated carbocycles. The van der Waals surface area contributed by atoms with E-state index >= 15 is 0 Å². The summed E-state index contributed by atoms with van der Waals surface area (Å²) in [5, 5.41) is 8.58. The molecular formula is C10H15BrN2. The Hall–Kier alpha value is -1.01. The van der Waals surface area contributed by atoms with E-state index in [0.717, 1.165) is 4.48 Å². The van der Waals surface area contributed by atoms with Crippen LogP contribution in [0.5, 0.6) is 0 Å². The first-order valence-electron chi connectivity index (χ1n) is 3.98. The molecular weight excluding hydrogens is 228 g/mol. The molecule has 0 rings (SSSR count). The predicted octanol–water partition coefficient (Wildman–Crippen LogP) is 3.23. The Bertz CT molecular complexity index is 253. The molecule has 0 fully saturated rings. The Morgan fingerprint density at radius 3 is 2.23 bits per heavy atom. The Morgan fingerprint density at radius 2 is 2.00 bits per heavy atom. The quantitative estimate of drug-likeness (QED) is 0.597. The predicted molar refractivity (Wildman–Crippen MR) is 61.1 cm³/mol. The molecule has 0 aromatic carbocycles. The van der Waals surface area contributed by atoms with Gasteiger partial charge in [0.2, 0.25) is 0 Å². The van der Waals surface area contributed by atoms with Gasteiger partial charge in [-0.05, 0) is 23.6 Å². The summed E-state index contributed by atoms with van der Waals surface area (Å²) in [5.41, 5.74) is 6.27. The Labute approximate surface area is 88.6 Å². The van der Waals surface area contributed by atoms with E-state index in [0.29, 0.717) is 11.3 Å². The second kappa shape index (κ2) is 9.08. The van der Waals surface area contributed by atoms with Gasteiger partial charge in [-0.3, -0.25) is 0 Å². The van der Waals surface area contributed by atoms with E-state index in [1.54, 1.807) is 6.08 Å². The van der Waals surface area contributed by atoms with E-state index < -0.39 is 0 Å². The number of halogens is 1. The SMILES string of the molecule is C=C/C(N)=C(C#N)\C=C(/C)Br.CC. The first-order chi connectivity index (χ1) is 6.11. The first-order valence-corrected chi connectivity index (χ1v) is 4.77. The summed E-state index contributed by atoms with van der Waals surface area (Å²) in [6.07, 6.45) is 3.10. The average Bonchev–Trinajstić information content (AvgIpc) is 2.16. The summed E-state index contributed by atoms with van der Waals surface area (Å²) in [4.78, 5) is 0. The Kier molecular flexibility index (Phi) is 10.1. The van der Waals surface area contributed by atoms with Crippen LogP contribution in [0.15, 0.2) is 34.5 Å². The van der Waals surface area contributed by atoms with Crippen LogP contribution in [-0.4, -0.2) is 0 Å². The normalized spacial score (nSPS) is 11.8. The van der Waals surface area contributed by atoms with Crippen LogP contribution in [-0.2, 0) is 0 Å². The van der Waals surface area contributed by atoms with Crippen molar-refractivity contribution < 1.29 is 0 Å². The van der Waals surface area contributed by atoms with Gasteiger partial charge in [0.25, 0.3) is 0 Å². The summed E-state index contributed by atoms with van der Waals surface area (Å²) < 4.78 is 0.860. The minimum absolute atomic E-state index is 0.395. The molecule has 0 aliphatic heterocycles. The molecule has 3 heteroatoms. The van der Waals surface area contributed by atoms with E-state index in [9.17, 15) is 0 Å². The van der Waals surface area contributed by atoms with Crippen molar-refractivity contribution in [3.63, 3.8) is 0 Å². The molecule has 0 bridgehead atoms. The van der Waals surface area contributed by atoms with Gasteiger partial charge in [-0.2, -0.15) is 5.26 Å². The molecule has 0 aliphatic rings. The van der Waals surface area contributed by atoms with Crippen molar-refractivity contribution in [1.82, 2.24) is 0 Å². The zero-order chi connectivity index (χ0) is 10.9. The fourth-order valence-corrected chi connectivity index (χ4v) is 0.718. The van der Waals surface area contributed by atoms with Gasteiger partial charge in [0, 0.05) is 5.70 Å². The molecule has 0 spiro atoms. The van der Waals surface area contributed by atoms with Gasteiger partial charge in [-0.15, -0.1) is 0 Å². The molecule has 0 amide bonds. The van der Waals surface area contributed by atoms with Crippen molar-refractivity contribution in [3.05, 3.63) is 34.5 Å². The second-order valence-corrected chi connectivity index (χ2v) is 3.17. The zero-order valence-electron chi connectivity index (χ0n) is 8.26. The van der Waals surface area contributed by atoms with Gasteiger partial charge in [-0.1, -0.05) is 36.4 Å². The highest BCUT2D eigenvalue weighted by molar-refractivity contribution is 9.11. The molecule has 0 heterocycles. The van der Waals surface area contributed by atoms with Gasteiger partial charge < -0.3 is 5.73 Å². The highest BCUT2D eigenvalue weighted by atomic mass is 79.9. The van der Waals surface area contributed by atoms with Gasteiger partial charge in [0.15, 0.2) is 0 Å². The first kappa shape index (κ1) is 14.5. The molecule has 0 unspecified atom stereocenters. The standard InChI is InChI=1S/C8H9BrN2.C2H6/c1-3-8(11)7(5-10)4-6(2)9;1-2/h3-4H,1,11H2,2H3;1-2H3/b6-4+,8-7-;. The van der Waals surface area contributed by atoms with Crippen LogP contribution in [0.1, 0.15) is 20.8 Å². The number of nitrogens with zero attached hydrogens (tertiary/aromatic N) is 1. The summed E-state index contributed by atoms with van der Waals surface area (Å²) in [7, 11) is 0. The largest absolute Gasteiger partial charge is 0.398 e. The highest BCUT2D eigenvalue weighted by Crippen LogP contribution is 2.09. The zero-order valence-corrected chi connectivity index (χ0v) is 9.85. The molecule has 2 N–H and O–H groups in total. The maximum absolute atomic E-state index is 8.58. The third-order valence-corrected chi connectivity index (χ3v) is 1.22. The van der Waals surface area contributed by atoms with Crippen LogP contribution < -0.4 is 5.73 Å². The van der Waals surface area contributed by atoms with Crippen molar-refractivity contribution in [2.75, 3.05) is 0 Å². The lowest BCUT2D eigenvalue weighted by molar-refractivity contribution is 1.36. The fourth-order valence-electron chi connectivity index (χ4n) is 0.489. The number of allylic oxidation sites excluding steroid dienone is 4. The van der Waals surface area contributed by atoms with Crippen molar-refractivity contribution in [2.24, 2.45) is 5.73 Å². The molecule has 0 aliphatic carbocycles. The van der Waals surface area contributed by atoms with Crippen molar-refractivity contribution in [1.29, 1.82) is 5.26 Å². The van der Waals surface area contributed by atoms with Gasteiger partial charge in [0.05, 0.1) is 5.57 Å². The van der Waals surface area contributed by atoms with Crippen LogP contribution >= 0.6 is 15.9 Å². The monoisotopic (exact) mass is 242 g/mol. The summed E-state index contributed by atoms with van der Waals surface area (Å²) >= 11 is 3.20. The minimum atomic E-state index is 0.395. The lowest BCUT2D eigenvalue weighted by atomic mass is 10.2. The smallest absolute Gasteiger partial charge is 0.101 e. The average molecular weight is 243 g/mol. The van der Waals surface area contributed by atoms with E-state index in [2.05, 4.69) is 22.5 Å². The third kappa shape index (κ3) is 7.35. The van der Waals surface area contributed by atoms with Crippen LogP contribution in [0.25, 0.3) is 0 Å². The Balaban J connectivity index is 0. The van der Waals surface area contributed by atoms with Crippen LogP contribution in [0.4, 0.5) is 0 Å². The molecule has 0 atom stereocenters. The third-order valence-electron chi connectivity index (χ3n) is 0.995. The van der Waals surface area contributed by atoms with Crippen LogP contribution in [0.3, 0.4) is 0 Å². The maximum atomic E-state index is 8.58. The summed E-state index contributed by atoms with van der Waals surface area (Å²) in [6, 6.07) is 1.96. The second-order valence-electron chi connectivity index (χ2n) is 1.92. The van der Waals surface area contributed by atoms with Gasteiger partial charge in [0.1, 0.15) is 6.07 Å². The number of hydrogen-bond donors (Lipinski definition) is 1. The molecule has 0 aromatic heterocycles. The van der Waals surface area contributed by atoms with Crippen molar-refractivity contribution in [2.45, 2.75) is 20.8 Å². The molecule has 0 radical (unpaired) electrons. The molecule has 0 aromatic rings. The maximum Gasteiger partial charge on any atom is 0.101 e.